The first-order valence-electron chi connectivity index (χ1n) is 9.57. The summed E-state index contributed by atoms with van der Waals surface area (Å²) in [6, 6.07) is -0.690. The van der Waals surface area contributed by atoms with Crippen molar-refractivity contribution in [3.8, 4) is 0 Å². The van der Waals surface area contributed by atoms with Gasteiger partial charge in [0.1, 0.15) is 11.6 Å². The second-order valence-electron chi connectivity index (χ2n) is 8.95. The summed E-state index contributed by atoms with van der Waals surface area (Å²) in [4.78, 5) is 21.4. The van der Waals surface area contributed by atoms with Gasteiger partial charge in [0.25, 0.3) is 0 Å². The van der Waals surface area contributed by atoms with Crippen molar-refractivity contribution in [1.29, 1.82) is 0 Å². The lowest BCUT2D eigenvalue weighted by atomic mass is 9.41. The van der Waals surface area contributed by atoms with E-state index in [0.717, 1.165) is 6.42 Å². The molecule has 0 amide bonds. The van der Waals surface area contributed by atoms with E-state index in [0.29, 0.717) is 25.2 Å². The number of alkyl halides is 3. The molecule has 4 atom stereocenters. The van der Waals surface area contributed by atoms with E-state index in [1.807, 2.05) is 13.8 Å². The molecule has 3 aliphatic carbocycles. The largest absolute Gasteiger partial charge is 0.490 e. The number of ether oxygens (including phenoxy) is 1. The first-order valence-corrected chi connectivity index (χ1v) is 9.57. The maximum Gasteiger partial charge on any atom is 0.490 e. The van der Waals surface area contributed by atoms with E-state index in [1.165, 1.54) is 0 Å². The van der Waals surface area contributed by atoms with Crippen LogP contribution in [0.25, 0.3) is 0 Å². The van der Waals surface area contributed by atoms with Crippen LogP contribution < -0.4 is 5.73 Å². The van der Waals surface area contributed by atoms with Gasteiger partial charge in [0.05, 0.1) is 5.60 Å². The van der Waals surface area contributed by atoms with E-state index in [2.05, 4.69) is 0 Å². The van der Waals surface area contributed by atoms with Gasteiger partial charge in [-0.25, -0.2) is 4.79 Å². The Balaban J connectivity index is 0.000000396. The highest BCUT2D eigenvalue weighted by Crippen LogP contribution is 2.68. The van der Waals surface area contributed by atoms with Crippen molar-refractivity contribution < 1.29 is 42.3 Å². The number of hydrogen-bond donors (Lipinski definition) is 3. The molecule has 0 aliphatic heterocycles. The minimum atomic E-state index is -5.03. The second-order valence-corrected chi connectivity index (χ2v) is 8.95. The number of halogens is 3. The van der Waals surface area contributed by atoms with Crippen LogP contribution in [0.2, 0.25) is 0 Å². The first-order chi connectivity index (χ1) is 13.0. The Labute approximate surface area is 169 Å². The lowest BCUT2D eigenvalue weighted by Crippen LogP contribution is -2.77. The zero-order chi connectivity index (χ0) is 22.8. The molecule has 0 saturated heterocycles. The highest BCUT2D eigenvalue weighted by Gasteiger charge is 2.74. The third-order valence-electron chi connectivity index (χ3n) is 6.34. The molecule has 0 aromatic carbocycles. The Kier molecular flexibility index (Phi) is 7.81. The number of hydrogen-bond acceptors (Lipinski definition) is 6. The van der Waals surface area contributed by atoms with Crippen molar-refractivity contribution in [2.45, 2.75) is 83.7 Å². The van der Waals surface area contributed by atoms with E-state index in [9.17, 15) is 22.8 Å². The lowest BCUT2D eigenvalue weighted by Gasteiger charge is -2.70. The van der Waals surface area contributed by atoms with E-state index in [4.69, 9.17) is 25.3 Å². The van der Waals surface area contributed by atoms with Crippen LogP contribution in [0.4, 0.5) is 13.2 Å². The number of esters is 1. The quantitative estimate of drug-likeness (QED) is 0.441. The van der Waals surface area contributed by atoms with Crippen LogP contribution in [0, 0.1) is 17.3 Å². The molecule has 2 bridgehead atoms. The molecular weight excluding hydrogens is 394 g/mol. The minimum absolute atomic E-state index is 0.193. The summed E-state index contributed by atoms with van der Waals surface area (Å²) >= 11 is 0. The van der Waals surface area contributed by atoms with Gasteiger partial charge >= 0.3 is 25.8 Å². The van der Waals surface area contributed by atoms with Crippen molar-refractivity contribution in [2.75, 3.05) is 0 Å². The zero-order valence-electron chi connectivity index (χ0n) is 17.5. The van der Waals surface area contributed by atoms with Crippen LogP contribution in [0.5, 0.6) is 0 Å². The number of carboxylic acid groups (broad SMARTS) is 1. The summed E-state index contributed by atoms with van der Waals surface area (Å²) in [5.41, 5.74) is 2.14. The fourth-order valence-electron chi connectivity index (χ4n) is 4.51. The number of carbonyl (C=O) groups excluding carboxylic acids is 1. The molecule has 0 radical (unpaired) electrons. The molecule has 0 aromatic rings. The molecule has 1 unspecified atom stereocenters. The maximum absolute atomic E-state index is 12.5. The highest BCUT2D eigenvalue weighted by molar-refractivity contribution is 6.16. The van der Waals surface area contributed by atoms with Crippen molar-refractivity contribution in [3.63, 3.8) is 0 Å². The Morgan fingerprint density at radius 3 is 2.17 bits per heavy atom. The summed E-state index contributed by atoms with van der Waals surface area (Å²) in [6.45, 7) is 9.06. The van der Waals surface area contributed by atoms with Gasteiger partial charge in [-0.3, -0.25) is 4.79 Å². The monoisotopic (exact) mass is 425 g/mol. The van der Waals surface area contributed by atoms with E-state index in [1.54, 1.807) is 20.8 Å². The molecule has 3 aliphatic rings. The topological polar surface area (TPSA) is 119 Å². The molecule has 3 fully saturated rings. The first kappa shape index (κ1) is 25.7. The smallest absolute Gasteiger partial charge is 0.480 e. The molecule has 3 saturated carbocycles. The summed E-state index contributed by atoms with van der Waals surface area (Å²) in [7, 11) is -0.622. The standard InChI is InChI=1S/C12H18BF3O4.C6H13NO2/c1-9(2)7-4-5-10(3,20-13-18)11(9,6-7)19-8(17)12(14,15)16;1-4(2)3-5(7)6(8)9/h7,13,18H,4-6H2,1-3H3;4-5H,3,7H2,1-2H3,(H,8,9)/t7-,10-,11-;/m0./s1. The van der Waals surface area contributed by atoms with Crippen LogP contribution >= 0.6 is 0 Å². The van der Waals surface area contributed by atoms with Crippen LogP contribution in [0.15, 0.2) is 0 Å². The number of carboxylic acids is 1. The molecular formula is C18H31BF3NO6. The molecule has 7 nitrogen and oxygen atoms in total. The number of fused-ring (bicyclic) bond motifs is 2. The van der Waals surface area contributed by atoms with Crippen molar-refractivity contribution in [1.82, 2.24) is 0 Å². The molecule has 0 spiro atoms. The molecule has 168 valence electrons. The Bertz CT molecular complexity index is 611. The Morgan fingerprint density at radius 2 is 1.83 bits per heavy atom. The third-order valence-corrected chi connectivity index (χ3v) is 6.34. The number of carbonyl (C=O) groups is 2. The van der Waals surface area contributed by atoms with Crippen LogP contribution in [-0.4, -0.2) is 53.2 Å². The molecule has 0 heterocycles. The average Bonchev–Trinajstić information content (AvgIpc) is 2.55. The van der Waals surface area contributed by atoms with Gasteiger partial charge in [0.2, 0.25) is 0 Å². The van der Waals surface area contributed by atoms with Crippen molar-refractivity contribution >= 4 is 19.6 Å². The minimum Gasteiger partial charge on any atom is -0.480 e. The lowest BCUT2D eigenvalue weighted by molar-refractivity contribution is -0.324. The van der Waals surface area contributed by atoms with E-state index < -0.39 is 48.5 Å². The number of rotatable bonds is 6. The summed E-state index contributed by atoms with van der Waals surface area (Å²) in [6.07, 6.45) is -2.93. The van der Waals surface area contributed by atoms with Gasteiger partial charge in [0.15, 0.2) is 0 Å². The third kappa shape index (κ3) is 5.06. The molecule has 11 heteroatoms. The molecule has 4 N–H and O–H groups in total. The van der Waals surface area contributed by atoms with Gasteiger partial charge in [-0.1, -0.05) is 27.7 Å². The van der Waals surface area contributed by atoms with E-state index >= 15 is 0 Å². The van der Waals surface area contributed by atoms with Crippen LogP contribution in [0.3, 0.4) is 0 Å². The van der Waals surface area contributed by atoms with Gasteiger partial charge in [0, 0.05) is 5.41 Å². The number of nitrogens with two attached hydrogens (primary N) is 1. The fourth-order valence-corrected chi connectivity index (χ4v) is 4.51. The highest BCUT2D eigenvalue weighted by atomic mass is 19.4. The van der Waals surface area contributed by atoms with Crippen LogP contribution in [-0.2, 0) is 19.0 Å². The molecule has 29 heavy (non-hydrogen) atoms. The molecule has 0 aromatic heterocycles. The fraction of sp³-hybridized carbons (Fsp3) is 0.889. The average molecular weight is 425 g/mol. The maximum atomic E-state index is 12.5. The van der Waals surface area contributed by atoms with Gasteiger partial charge in [-0.2, -0.15) is 13.2 Å². The number of aliphatic carboxylic acids is 1. The van der Waals surface area contributed by atoms with E-state index in [-0.39, 0.29) is 5.92 Å². The van der Waals surface area contributed by atoms with Crippen molar-refractivity contribution in [2.24, 2.45) is 23.0 Å². The van der Waals surface area contributed by atoms with Gasteiger partial charge in [-0.15, -0.1) is 0 Å². The predicted octanol–water partition coefficient (Wildman–Crippen LogP) is 2.15. The van der Waals surface area contributed by atoms with Crippen molar-refractivity contribution in [3.05, 3.63) is 0 Å². The summed E-state index contributed by atoms with van der Waals surface area (Å²) in [5.74, 6) is -2.56. The molecule has 3 rings (SSSR count). The second kappa shape index (κ2) is 8.81. The zero-order valence-corrected chi connectivity index (χ0v) is 17.5. The Hall–Kier alpha value is -1.33. The SMILES string of the molecule is CC(C)CC(N)C(=O)O.CC1(C)[C@H]2CC[C@](C)(OBO)[C@]1(OC(=O)C(F)(F)F)C2. The summed E-state index contributed by atoms with van der Waals surface area (Å²) < 4.78 is 47.7. The van der Waals surface area contributed by atoms with Crippen LogP contribution in [0.1, 0.15) is 60.3 Å². The predicted molar refractivity (Wildman–Crippen MR) is 99.9 cm³/mol. The Morgan fingerprint density at radius 1 is 1.28 bits per heavy atom. The van der Waals surface area contributed by atoms with Gasteiger partial charge in [-0.05, 0) is 44.4 Å². The van der Waals surface area contributed by atoms with Gasteiger partial charge < -0.3 is 25.3 Å². The normalized spacial score (nSPS) is 31.1. The summed E-state index contributed by atoms with van der Waals surface area (Å²) in [5, 5.41) is 17.3.